The number of aromatic nitrogens is 4. The maximum atomic E-state index is 13.5. The molecule has 0 unspecified atom stereocenters. The van der Waals surface area contributed by atoms with Crippen molar-refractivity contribution >= 4 is 23.4 Å². The SMILES string of the molecule is Cc1cc(Cl)cc(C(=O)n2cc(F)c(=N)n(C)c2=O)c1.Cc1ccc(C(=O)n2cc(F)c(=N)n(C)c2=O)cc1. The Hall–Kier alpha value is -4.71. The maximum Gasteiger partial charge on any atom is 0.336 e. The van der Waals surface area contributed by atoms with Crippen molar-refractivity contribution in [1.29, 1.82) is 10.8 Å². The molecule has 0 aliphatic heterocycles. The lowest BCUT2D eigenvalue weighted by molar-refractivity contribution is 0.0942. The highest BCUT2D eigenvalue weighted by Crippen LogP contribution is 2.15. The molecule has 2 N–H and O–H groups in total. The summed E-state index contributed by atoms with van der Waals surface area (Å²) in [6.07, 6.45) is 1.45. The van der Waals surface area contributed by atoms with Gasteiger partial charge in [0.25, 0.3) is 11.8 Å². The Morgan fingerprint density at radius 2 is 1.15 bits per heavy atom. The average molecular weight is 557 g/mol. The molecule has 0 bridgehead atoms. The number of aryl methyl sites for hydroxylation is 2. The second kappa shape index (κ2) is 11.4. The molecule has 0 aliphatic rings. The van der Waals surface area contributed by atoms with Crippen molar-refractivity contribution in [2.24, 2.45) is 14.1 Å². The molecule has 0 saturated carbocycles. The summed E-state index contributed by atoms with van der Waals surface area (Å²) in [6.45, 7) is 3.62. The maximum absolute atomic E-state index is 13.5. The normalized spacial score (nSPS) is 10.5. The monoisotopic (exact) mass is 556 g/mol. The number of halogens is 3. The molecule has 39 heavy (non-hydrogen) atoms. The number of nitrogens with one attached hydrogen (secondary N) is 2. The van der Waals surface area contributed by atoms with Gasteiger partial charge in [0, 0.05) is 30.2 Å². The van der Waals surface area contributed by atoms with Crippen LogP contribution in [-0.4, -0.2) is 30.1 Å². The Morgan fingerprint density at radius 3 is 1.59 bits per heavy atom. The first-order chi connectivity index (χ1) is 18.2. The van der Waals surface area contributed by atoms with E-state index >= 15 is 0 Å². The topological polar surface area (TPSA) is 136 Å². The molecule has 4 rings (SSSR count). The molecule has 0 fully saturated rings. The summed E-state index contributed by atoms with van der Waals surface area (Å²) in [6, 6.07) is 11.2. The lowest BCUT2D eigenvalue weighted by atomic mass is 10.1. The quantitative estimate of drug-likeness (QED) is 0.391. The van der Waals surface area contributed by atoms with E-state index in [1.54, 1.807) is 43.3 Å². The molecule has 2 aromatic carbocycles. The summed E-state index contributed by atoms with van der Waals surface area (Å²) in [5.74, 6) is -3.21. The second-order valence-corrected chi connectivity index (χ2v) is 9.00. The van der Waals surface area contributed by atoms with Gasteiger partial charge in [0.05, 0.1) is 12.4 Å². The second-order valence-electron chi connectivity index (χ2n) is 8.57. The summed E-state index contributed by atoms with van der Waals surface area (Å²) in [5.41, 5.74) is -0.507. The Balaban J connectivity index is 0.000000216. The van der Waals surface area contributed by atoms with Crippen LogP contribution in [-0.2, 0) is 14.1 Å². The highest BCUT2D eigenvalue weighted by atomic mass is 35.5. The van der Waals surface area contributed by atoms with E-state index in [9.17, 15) is 28.0 Å². The van der Waals surface area contributed by atoms with E-state index in [0.717, 1.165) is 26.5 Å². The van der Waals surface area contributed by atoms with Crippen molar-refractivity contribution in [1.82, 2.24) is 18.3 Å². The molecule has 202 valence electrons. The summed E-state index contributed by atoms with van der Waals surface area (Å²) in [4.78, 5) is 48.1. The van der Waals surface area contributed by atoms with Crippen molar-refractivity contribution in [3.63, 3.8) is 0 Å². The smallest absolute Gasteiger partial charge is 0.282 e. The first-order valence-corrected chi connectivity index (χ1v) is 11.6. The van der Waals surface area contributed by atoms with E-state index < -0.39 is 45.8 Å². The largest absolute Gasteiger partial charge is 0.336 e. The molecular weight excluding hydrogens is 534 g/mol. The van der Waals surface area contributed by atoms with Crippen molar-refractivity contribution in [3.8, 4) is 0 Å². The summed E-state index contributed by atoms with van der Waals surface area (Å²) < 4.78 is 29.8. The number of hydrogen-bond acceptors (Lipinski definition) is 6. The van der Waals surface area contributed by atoms with Crippen molar-refractivity contribution < 1.29 is 18.4 Å². The lowest BCUT2D eigenvalue weighted by Crippen LogP contribution is -2.42. The van der Waals surface area contributed by atoms with Crippen LogP contribution in [0, 0.1) is 36.3 Å². The Kier molecular flexibility index (Phi) is 8.40. The van der Waals surface area contributed by atoms with Gasteiger partial charge >= 0.3 is 11.4 Å². The lowest BCUT2D eigenvalue weighted by Gasteiger charge is -2.08. The molecule has 0 aliphatic carbocycles. The fourth-order valence-electron chi connectivity index (χ4n) is 3.42. The Labute approximate surface area is 224 Å². The molecule has 2 heterocycles. The van der Waals surface area contributed by atoms with Gasteiger partial charge in [-0.1, -0.05) is 29.3 Å². The van der Waals surface area contributed by atoms with E-state index in [1.165, 1.54) is 20.2 Å². The van der Waals surface area contributed by atoms with Gasteiger partial charge in [0.2, 0.25) is 0 Å². The number of hydrogen-bond donors (Lipinski definition) is 2. The zero-order valence-corrected chi connectivity index (χ0v) is 22.0. The number of nitrogens with zero attached hydrogens (tertiary/aromatic N) is 4. The Bertz CT molecular complexity index is 1830. The highest BCUT2D eigenvalue weighted by Gasteiger charge is 2.16. The Morgan fingerprint density at radius 1 is 0.718 bits per heavy atom. The van der Waals surface area contributed by atoms with Crippen molar-refractivity contribution in [3.05, 3.63) is 126 Å². The van der Waals surface area contributed by atoms with Crippen LogP contribution in [0.3, 0.4) is 0 Å². The molecule has 4 aromatic rings. The van der Waals surface area contributed by atoms with Gasteiger partial charge in [-0.25, -0.2) is 27.5 Å². The predicted octanol–water partition coefficient (Wildman–Crippen LogP) is 2.26. The molecule has 2 aromatic heterocycles. The molecule has 13 heteroatoms. The van der Waals surface area contributed by atoms with Gasteiger partial charge in [-0.05, 0) is 49.7 Å². The molecular formula is C26H23ClF2N6O4. The van der Waals surface area contributed by atoms with Gasteiger partial charge in [-0.2, -0.15) is 0 Å². The van der Waals surface area contributed by atoms with Gasteiger partial charge in [-0.15, -0.1) is 0 Å². The van der Waals surface area contributed by atoms with Gasteiger partial charge in [0.1, 0.15) is 0 Å². The number of rotatable bonds is 2. The zero-order valence-electron chi connectivity index (χ0n) is 21.3. The van der Waals surface area contributed by atoms with Crippen LogP contribution in [0.5, 0.6) is 0 Å². The number of carbonyl (C=O) groups excluding carboxylic acids is 2. The van der Waals surface area contributed by atoms with E-state index in [-0.39, 0.29) is 11.1 Å². The first-order valence-electron chi connectivity index (χ1n) is 11.2. The first kappa shape index (κ1) is 28.9. The number of carbonyl (C=O) groups is 2. The third-order valence-electron chi connectivity index (χ3n) is 5.62. The van der Waals surface area contributed by atoms with Crippen molar-refractivity contribution in [2.75, 3.05) is 0 Å². The van der Waals surface area contributed by atoms with E-state index in [0.29, 0.717) is 20.4 Å². The van der Waals surface area contributed by atoms with E-state index in [1.807, 2.05) is 6.92 Å². The van der Waals surface area contributed by atoms with Crippen LogP contribution in [0.25, 0.3) is 0 Å². The standard InChI is InChI=1S/C13H11ClFN3O2.C13H12FN3O2/c1-7-3-8(5-9(14)4-7)12(19)18-6-10(15)11(16)17(2)13(18)20;1-8-3-5-9(6-4-8)12(18)17-7-10(14)11(15)16(2)13(17)19/h3-6,16H,1-2H3;3-7,15H,1-2H3. The van der Waals surface area contributed by atoms with Crippen LogP contribution in [0.1, 0.15) is 31.8 Å². The van der Waals surface area contributed by atoms with Crippen LogP contribution < -0.4 is 22.4 Å². The summed E-state index contributed by atoms with van der Waals surface area (Å²) >= 11 is 5.86. The molecule has 0 radical (unpaired) electrons. The third-order valence-corrected chi connectivity index (χ3v) is 5.84. The average Bonchev–Trinajstić information content (AvgIpc) is 2.90. The third kappa shape index (κ3) is 6.07. The van der Waals surface area contributed by atoms with Crippen LogP contribution >= 0.6 is 11.6 Å². The molecule has 0 amide bonds. The van der Waals surface area contributed by atoms with Gasteiger partial charge in [0.15, 0.2) is 22.6 Å². The minimum Gasteiger partial charge on any atom is -0.282 e. The van der Waals surface area contributed by atoms with Gasteiger partial charge < -0.3 is 0 Å². The fraction of sp³-hybridized carbons (Fsp3) is 0.154. The van der Waals surface area contributed by atoms with E-state index in [4.69, 9.17) is 22.4 Å². The predicted molar refractivity (Wildman–Crippen MR) is 138 cm³/mol. The number of benzene rings is 2. The molecule has 0 atom stereocenters. The zero-order chi connectivity index (χ0) is 29.2. The fourth-order valence-corrected chi connectivity index (χ4v) is 3.71. The summed E-state index contributed by atoms with van der Waals surface area (Å²) in [7, 11) is 2.47. The minimum absolute atomic E-state index is 0.175. The molecule has 10 nitrogen and oxygen atoms in total. The van der Waals surface area contributed by atoms with Crippen LogP contribution in [0.4, 0.5) is 8.78 Å². The molecule has 0 spiro atoms. The van der Waals surface area contributed by atoms with Crippen LogP contribution in [0.15, 0.2) is 64.4 Å². The van der Waals surface area contributed by atoms with Crippen LogP contribution in [0.2, 0.25) is 5.02 Å². The van der Waals surface area contributed by atoms with E-state index in [2.05, 4.69) is 0 Å². The molecule has 0 saturated heterocycles. The van der Waals surface area contributed by atoms with Gasteiger partial charge in [-0.3, -0.25) is 29.5 Å². The van der Waals surface area contributed by atoms with Crippen molar-refractivity contribution in [2.45, 2.75) is 13.8 Å². The summed E-state index contributed by atoms with van der Waals surface area (Å²) in [5, 5.41) is 15.0. The highest BCUT2D eigenvalue weighted by molar-refractivity contribution is 6.31. The minimum atomic E-state index is -0.959.